The molecule has 2 nitrogen and oxygen atoms in total. The molecule has 2 aromatic heterocycles. The smallest absolute Gasteiger partial charge is 0.0547 e. The second kappa shape index (κ2) is 13.2. The predicted octanol–water partition coefficient (Wildman–Crippen LogP) is 16.9. The van der Waals surface area contributed by atoms with E-state index < -0.39 is 0 Å². The fourth-order valence-electron chi connectivity index (χ4n) is 11.2. The summed E-state index contributed by atoms with van der Waals surface area (Å²) in [6.07, 6.45) is 0. The molecule has 2 aliphatic carbocycles. The second-order valence-corrected chi connectivity index (χ2v) is 19.6. The number of hydrogen-bond acceptors (Lipinski definition) is 2. The van der Waals surface area contributed by atoms with Gasteiger partial charge in [-0.15, -0.1) is 11.3 Å². The van der Waals surface area contributed by atoms with Crippen LogP contribution in [-0.2, 0) is 10.8 Å². The van der Waals surface area contributed by atoms with E-state index in [1.165, 1.54) is 103 Å². The SMILES string of the molecule is CC1(C)c2ccccc2-c2ccc(N(c3ccc(-c4ccc5c6ccccc6n(-c6ccc7sc8ccccc8c7c6)c5c4)cc3)c3ccc4c(c3)C(C)(C)c3ccccc3-4)cc21. The molecule has 13 rings (SSSR count). The molecule has 0 saturated heterocycles. The van der Waals surface area contributed by atoms with E-state index in [4.69, 9.17) is 0 Å². The van der Waals surface area contributed by atoms with Crippen molar-refractivity contribution in [3.8, 4) is 39.1 Å². The van der Waals surface area contributed by atoms with Gasteiger partial charge in [-0.05, 0) is 128 Å². The van der Waals surface area contributed by atoms with Crippen molar-refractivity contribution in [3.05, 3.63) is 216 Å². The minimum absolute atomic E-state index is 0.108. The predicted molar refractivity (Wildman–Crippen MR) is 269 cm³/mol. The zero-order valence-corrected chi connectivity index (χ0v) is 36.6. The van der Waals surface area contributed by atoms with Gasteiger partial charge in [0.25, 0.3) is 0 Å². The summed E-state index contributed by atoms with van der Waals surface area (Å²) < 4.78 is 5.10. The minimum Gasteiger partial charge on any atom is -0.310 e. The number of benzene rings is 9. The Morgan fingerprint density at radius 2 is 0.889 bits per heavy atom. The average molecular weight is 825 g/mol. The first-order valence-corrected chi connectivity index (χ1v) is 22.9. The van der Waals surface area contributed by atoms with E-state index in [0.29, 0.717) is 0 Å². The number of nitrogens with zero attached hydrogens (tertiary/aromatic N) is 2. The Hall–Kier alpha value is -7.20. The normalized spacial score (nSPS) is 14.3. The van der Waals surface area contributed by atoms with Crippen molar-refractivity contribution >= 4 is 70.4 Å². The van der Waals surface area contributed by atoms with Crippen LogP contribution in [0, 0.1) is 0 Å². The summed E-state index contributed by atoms with van der Waals surface area (Å²) in [5.74, 6) is 0. The second-order valence-electron chi connectivity index (χ2n) is 18.5. The fraction of sp³-hybridized carbons (Fsp3) is 0.100. The van der Waals surface area contributed by atoms with Crippen LogP contribution in [-0.4, -0.2) is 4.57 Å². The van der Waals surface area contributed by atoms with Crippen LogP contribution in [0.15, 0.2) is 194 Å². The highest BCUT2D eigenvalue weighted by Gasteiger charge is 2.37. The van der Waals surface area contributed by atoms with Crippen LogP contribution >= 0.6 is 11.3 Å². The summed E-state index contributed by atoms with van der Waals surface area (Å²) in [7, 11) is 0. The molecule has 63 heavy (non-hydrogen) atoms. The zero-order chi connectivity index (χ0) is 42.2. The highest BCUT2D eigenvalue weighted by Crippen LogP contribution is 2.53. The molecule has 11 aromatic rings. The molecule has 0 bridgehead atoms. The molecular formula is C60H44N2S. The lowest BCUT2D eigenvalue weighted by atomic mass is 9.82. The number of rotatable bonds is 5. The third-order valence-corrected chi connectivity index (χ3v) is 15.6. The lowest BCUT2D eigenvalue weighted by Gasteiger charge is -2.30. The Morgan fingerprint density at radius 1 is 0.365 bits per heavy atom. The largest absolute Gasteiger partial charge is 0.310 e. The number of anilines is 3. The van der Waals surface area contributed by atoms with Gasteiger partial charge in [-0.1, -0.05) is 149 Å². The van der Waals surface area contributed by atoms with Crippen molar-refractivity contribution in [1.82, 2.24) is 4.57 Å². The van der Waals surface area contributed by atoms with Crippen LogP contribution in [0.5, 0.6) is 0 Å². The number of para-hydroxylation sites is 1. The maximum atomic E-state index is 2.47. The van der Waals surface area contributed by atoms with Crippen LogP contribution in [0.2, 0.25) is 0 Å². The first-order chi connectivity index (χ1) is 30.7. The molecule has 9 aromatic carbocycles. The third kappa shape index (κ3) is 5.24. The van der Waals surface area contributed by atoms with Gasteiger partial charge < -0.3 is 9.47 Å². The number of fused-ring (bicyclic) bond motifs is 12. The Balaban J connectivity index is 0.945. The van der Waals surface area contributed by atoms with E-state index in [2.05, 4.69) is 231 Å². The van der Waals surface area contributed by atoms with Gasteiger partial charge >= 0.3 is 0 Å². The van der Waals surface area contributed by atoms with Crippen molar-refractivity contribution in [2.24, 2.45) is 0 Å². The molecule has 300 valence electrons. The molecule has 0 radical (unpaired) electrons. The van der Waals surface area contributed by atoms with Crippen LogP contribution in [0.4, 0.5) is 17.1 Å². The Bertz CT molecular complexity index is 3580. The summed E-state index contributed by atoms with van der Waals surface area (Å²) in [4.78, 5) is 2.47. The van der Waals surface area contributed by atoms with Crippen molar-refractivity contribution in [2.75, 3.05) is 4.90 Å². The highest BCUT2D eigenvalue weighted by molar-refractivity contribution is 7.25. The average Bonchev–Trinajstić information content (AvgIpc) is 3.99. The van der Waals surface area contributed by atoms with Crippen molar-refractivity contribution in [3.63, 3.8) is 0 Å². The van der Waals surface area contributed by atoms with Gasteiger partial charge in [0.1, 0.15) is 0 Å². The first-order valence-electron chi connectivity index (χ1n) is 22.1. The lowest BCUT2D eigenvalue weighted by Crippen LogP contribution is -2.18. The van der Waals surface area contributed by atoms with Crippen LogP contribution in [0.3, 0.4) is 0 Å². The summed E-state index contributed by atoms with van der Waals surface area (Å²) >= 11 is 1.87. The molecule has 2 aliphatic rings. The maximum absolute atomic E-state index is 2.47. The molecule has 0 atom stereocenters. The lowest BCUT2D eigenvalue weighted by molar-refractivity contribution is 0.660. The minimum atomic E-state index is -0.108. The molecule has 0 unspecified atom stereocenters. The highest BCUT2D eigenvalue weighted by atomic mass is 32.1. The molecule has 0 spiro atoms. The summed E-state index contributed by atoms with van der Waals surface area (Å²) in [6, 6.07) is 72.8. The van der Waals surface area contributed by atoms with E-state index in [-0.39, 0.29) is 10.8 Å². The Morgan fingerprint density at radius 3 is 1.57 bits per heavy atom. The van der Waals surface area contributed by atoms with Gasteiger partial charge in [0.05, 0.1) is 11.0 Å². The van der Waals surface area contributed by atoms with Crippen LogP contribution < -0.4 is 4.90 Å². The molecule has 2 heterocycles. The van der Waals surface area contributed by atoms with E-state index in [1.54, 1.807) is 0 Å². The standard InChI is InChI=1S/C60H44N2S/c1-59(2)51-17-9-5-13-43(51)45-30-26-41(35-53(45)59)61(42-27-31-46-44-14-6-10-18-52(44)60(3,4)54(46)36-42)39-24-21-37(22-25-39)38-23-29-48-47-15-7-11-19-55(47)62(56(48)33-38)40-28-32-58-50(34-40)49-16-8-12-20-57(49)63-58/h5-36H,1-4H3. The first kappa shape index (κ1) is 36.5. The Kier molecular flexibility index (Phi) is 7.61. The van der Waals surface area contributed by atoms with Crippen molar-refractivity contribution in [1.29, 1.82) is 0 Å². The van der Waals surface area contributed by atoms with Crippen molar-refractivity contribution < 1.29 is 0 Å². The van der Waals surface area contributed by atoms with Gasteiger partial charge in [-0.25, -0.2) is 0 Å². The number of aromatic nitrogens is 1. The van der Waals surface area contributed by atoms with Gasteiger partial charge in [-0.3, -0.25) is 0 Å². The van der Waals surface area contributed by atoms with E-state index >= 15 is 0 Å². The van der Waals surface area contributed by atoms with Gasteiger partial charge in [0.2, 0.25) is 0 Å². The number of hydrogen-bond donors (Lipinski definition) is 0. The topological polar surface area (TPSA) is 8.17 Å². The van der Waals surface area contributed by atoms with Gasteiger partial charge in [0.15, 0.2) is 0 Å². The maximum Gasteiger partial charge on any atom is 0.0547 e. The molecular weight excluding hydrogens is 781 g/mol. The molecule has 0 N–H and O–H groups in total. The van der Waals surface area contributed by atoms with Crippen LogP contribution in [0.25, 0.3) is 81.0 Å². The molecule has 0 amide bonds. The summed E-state index contributed by atoms with van der Waals surface area (Å²) in [5, 5.41) is 5.15. The fourth-order valence-corrected chi connectivity index (χ4v) is 12.3. The van der Waals surface area contributed by atoms with E-state index in [9.17, 15) is 0 Å². The molecule has 3 heteroatoms. The Labute approximate surface area is 371 Å². The zero-order valence-electron chi connectivity index (χ0n) is 35.8. The van der Waals surface area contributed by atoms with E-state index in [0.717, 1.165) is 17.1 Å². The third-order valence-electron chi connectivity index (χ3n) is 14.4. The summed E-state index contributed by atoms with van der Waals surface area (Å²) in [5.41, 5.74) is 20.1. The molecule has 0 saturated carbocycles. The molecule has 0 aliphatic heterocycles. The molecule has 0 fully saturated rings. The van der Waals surface area contributed by atoms with Crippen molar-refractivity contribution in [2.45, 2.75) is 38.5 Å². The monoisotopic (exact) mass is 824 g/mol. The van der Waals surface area contributed by atoms with E-state index in [1.807, 2.05) is 11.3 Å². The van der Waals surface area contributed by atoms with Gasteiger partial charge in [0, 0.05) is 64.5 Å². The van der Waals surface area contributed by atoms with Crippen LogP contribution in [0.1, 0.15) is 49.9 Å². The quantitative estimate of drug-likeness (QED) is 0.168. The number of thiophene rings is 1. The summed E-state index contributed by atoms with van der Waals surface area (Å²) in [6.45, 7) is 9.48. The van der Waals surface area contributed by atoms with Gasteiger partial charge in [-0.2, -0.15) is 0 Å².